The lowest BCUT2D eigenvalue weighted by Gasteiger charge is -2.18. The molecule has 0 spiro atoms. The maximum absolute atomic E-state index is 13.9. The summed E-state index contributed by atoms with van der Waals surface area (Å²) in [5.74, 6) is -0.534. The average Bonchev–Trinajstić information content (AvgIpc) is 2.77. The van der Waals surface area contributed by atoms with Crippen LogP contribution in [0.1, 0.15) is 18.6 Å². The quantitative estimate of drug-likeness (QED) is 0.372. The van der Waals surface area contributed by atoms with Crippen molar-refractivity contribution in [2.45, 2.75) is 13.0 Å². The largest absolute Gasteiger partial charge is 0.467 e. The van der Waals surface area contributed by atoms with E-state index in [1.807, 2.05) is 0 Å². The van der Waals surface area contributed by atoms with Gasteiger partial charge in [-0.25, -0.2) is 19.2 Å². The first-order valence-corrected chi connectivity index (χ1v) is 10.2. The molecule has 0 aliphatic carbocycles. The van der Waals surface area contributed by atoms with Crippen LogP contribution < -0.4 is 21.1 Å². The minimum Gasteiger partial charge on any atom is -0.467 e. The Labute approximate surface area is 193 Å². The third-order valence-electron chi connectivity index (χ3n) is 4.38. The average molecular weight is 480 g/mol. The summed E-state index contributed by atoms with van der Waals surface area (Å²) in [6.45, 7) is 1.64. The van der Waals surface area contributed by atoms with E-state index in [1.165, 1.54) is 18.3 Å². The van der Waals surface area contributed by atoms with Gasteiger partial charge in [-0.15, -0.1) is 0 Å². The van der Waals surface area contributed by atoms with Gasteiger partial charge in [-0.05, 0) is 31.2 Å². The molecule has 0 aliphatic heterocycles. The summed E-state index contributed by atoms with van der Waals surface area (Å²) >= 11 is 12.2. The van der Waals surface area contributed by atoms with Crippen molar-refractivity contribution in [2.24, 2.45) is 0 Å². The third kappa shape index (κ3) is 5.56. The number of aliphatic hydroxyl groups excluding tert-OH is 1. The van der Waals surface area contributed by atoms with Crippen molar-refractivity contribution >= 4 is 40.7 Å². The van der Waals surface area contributed by atoms with Gasteiger partial charge in [0, 0.05) is 28.4 Å². The number of hydrogen-bond donors (Lipinski definition) is 4. The maximum atomic E-state index is 13.9. The van der Waals surface area contributed by atoms with Crippen LogP contribution in [0.25, 0.3) is 11.3 Å². The lowest BCUT2D eigenvalue weighted by Crippen LogP contribution is -2.30. The minimum atomic E-state index is -0.749. The summed E-state index contributed by atoms with van der Waals surface area (Å²) in [5.41, 5.74) is 7.89. The molecule has 168 valence electrons. The number of carbonyl (C=O) groups excluding carboxylic acids is 1. The molecule has 2 amide bonds. The number of nitrogens with one attached hydrogen (secondary N) is 2. The third-order valence-corrected chi connectivity index (χ3v) is 5.09. The van der Waals surface area contributed by atoms with E-state index in [-0.39, 0.29) is 40.5 Å². The molecule has 0 aliphatic rings. The molecule has 1 aromatic heterocycles. The first-order chi connectivity index (χ1) is 15.3. The second-order valence-corrected chi connectivity index (χ2v) is 7.43. The second kappa shape index (κ2) is 10.4. The molecule has 32 heavy (non-hydrogen) atoms. The number of ether oxygens (including phenoxy) is 1. The molecule has 0 saturated heterocycles. The fourth-order valence-corrected chi connectivity index (χ4v) is 3.50. The standard InChI is InChI=1S/C21H20Cl2FN5O3/c1-11(17-14(22)6-7-15(24)18(17)23)32-20-19(25)27-10-16(29-20)12-2-4-13(5-3-12)28-21(31)26-8-9-30/h2-7,10-11,30H,8-9H2,1H3,(H2,25,27)(H2,26,28,31). The van der Waals surface area contributed by atoms with Crippen molar-refractivity contribution in [3.8, 4) is 17.1 Å². The van der Waals surface area contributed by atoms with Crippen LogP contribution in [-0.2, 0) is 0 Å². The lowest BCUT2D eigenvalue weighted by molar-refractivity contribution is 0.218. The summed E-state index contributed by atoms with van der Waals surface area (Å²) in [6.07, 6.45) is 0.729. The highest BCUT2D eigenvalue weighted by Gasteiger charge is 2.20. The molecule has 1 atom stereocenters. The Balaban J connectivity index is 1.79. The van der Waals surface area contributed by atoms with Crippen molar-refractivity contribution < 1.29 is 19.0 Å². The van der Waals surface area contributed by atoms with Crippen molar-refractivity contribution in [3.63, 3.8) is 0 Å². The minimum absolute atomic E-state index is 0.0389. The van der Waals surface area contributed by atoms with E-state index in [4.69, 9.17) is 38.8 Å². The van der Waals surface area contributed by atoms with Gasteiger partial charge in [0.1, 0.15) is 11.9 Å². The highest BCUT2D eigenvalue weighted by atomic mass is 35.5. The normalized spacial score (nSPS) is 11.7. The molecule has 1 heterocycles. The highest BCUT2D eigenvalue weighted by molar-refractivity contribution is 6.36. The van der Waals surface area contributed by atoms with Crippen molar-refractivity contribution in [1.29, 1.82) is 0 Å². The summed E-state index contributed by atoms with van der Waals surface area (Å²) in [7, 11) is 0. The Hall–Kier alpha value is -3.14. The molecule has 0 fully saturated rings. The number of nitrogens with two attached hydrogens (primary N) is 1. The first-order valence-electron chi connectivity index (χ1n) is 9.49. The van der Waals surface area contributed by atoms with E-state index in [0.717, 1.165) is 0 Å². The second-order valence-electron chi connectivity index (χ2n) is 6.64. The Morgan fingerprint density at radius 1 is 1.25 bits per heavy atom. The summed E-state index contributed by atoms with van der Waals surface area (Å²) in [5, 5.41) is 14.0. The number of urea groups is 1. The smallest absolute Gasteiger partial charge is 0.319 e. The van der Waals surface area contributed by atoms with E-state index < -0.39 is 18.0 Å². The van der Waals surface area contributed by atoms with Gasteiger partial charge in [0.25, 0.3) is 5.88 Å². The van der Waals surface area contributed by atoms with Crippen LogP contribution >= 0.6 is 23.2 Å². The first kappa shape index (κ1) is 23.5. The highest BCUT2D eigenvalue weighted by Crippen LogP contribution is 2.35. The van der Waals surface area contributed by atoms with Crippen molar-refractivity contribution in [3.05, 3.63) is 64.0 Å². The predicted octanol–water partition coefficient (Wildman–Crippen LogP) is 4.43. The van der Waals surface area contributed by atoms with Gasteiger partial charge in [-0.1, -0.05) is 35.3 Å². The number of rotatable bonds is 7. The van der Waals surface area contributed by atoms with Gasteiger partial charge in [0.15, 0.2) is 5.82 Å². The van der Waals surface area contributed by atoms with E-state index in [1.54, 1.807) is 31.2 Å². The van der Waals surface area contributed by atoms with Gasteiger partial charge in [0.2, 0.25) is 0 Å². The number of hydrogen-bond acceptors (Lipinski definition) is 6. The van der Waals surface area contributed by atoms with E-state index in [0.29, 0.717) is 16.9 Å². The number of benzene rings is 2. The van der Waals surface area contributed by atoms with Crippen molar-refractivity contribution in [1.82, 2.24) is 15.3 Å². The summed E-state index contributed by atoms with van der Waals surface area (Å²) in [6, 6.07) is 8.96. The fraction of sp³-hybridized carbons (Fsp3) is 0.190. The Bertz CT molecular complexity index is 1120. The number of anilines is 2. The molecule has 0 bridgehead atoms. The molecule has 11 heteroatoms. The number of halogens is 3. The zero-order valence-corrected chi connectivity index (χ0v) is 18.4. The number of aliphatic hydroxyl groups is 1. The molecule has 3 aromatic rings. The zero-order valence-electron chi connectivity index (χ0n) is 16.9. The van der Waals surface area contributed by atoms with Crippen LogP contribution in [0, 0.1) is 5.82 Å². The Morgan fingerprint density at radius 3 is 2.66 bits per heavy atom. The van der Waals surface area contributed by atoms with Gasteiger partial charge < -0.3 is 26.2 Å². The van der Waals surface area contributed by atoms with E-state index in [2.05, 4.69) is 20.6 Å². The van der Waals surface area contributed by atoms with Crippen LogP contribution in [-0.4, -0.2) is 34.3 Å². The molecular formula is C21H20Cl2FN5O3. The van der Waals surface area contributed by atoms with Gasteiger partial charge in [-0.3, -0.25) is 0 Å². The summed E-state index contributed by atoms with van der Waals surface area (Å²) < 4.78 is 19.7. The topological polar surface area (TPSA) is 122 Å². The van der Waals surface area contributed by atoms with Crippen LogP contribution in [0.2, 0.25) is 10.0 Å². The SMILES string of the molecule is CC(Oc1nc(-c2ccc(NC(=O)NCCO)cc2)cnc1N)c1c(Cl)ccc(F)c1Cl. The number of nitrogen functional groups attached to an aromatic ring is 1. The number of carbonyl (C=O) groups is 1. The Kier molecular flexibility index (Phi) is 7.68. The molecule has 2 aromatic carbocycles. The summed E-state index contributed by atoms with van der Waals surface area (Å²) in [4.78, 5) is 20.2. The van der Waals surface area contributed by atoms with Crippen LogP contribution in [0.3, 0.4) is 0 Å². The fourth-order valence-electron chi connectivity index (χ4n) is 2.82. The number of aromatic nitrogens is 2. The zero-order chi connectivity index (χ0) is 23.3. The predicted molar refractivity (Wildman–Crippen MR) is 121 cm³/mol. The van der Waals surface area contributed by atoms with Crippen LogP contribution in [0.4, 0.5) is 20.7 Å². The van der Waals surface area contributed by atoms with Crippen LogP contribution in [0.15, 0.2) is 42.6 Å². The van der Waals surface area contributed by atoms with E-state index >= 15 is 0 Å². The Morgan fingerprint density at radius 2 is 1.97 bits per heavy atom. The number of amides is 2. The monoisotopic (exact) mass is 479 g/mol. The van der Waals surface area contributed by atoms with E-state index in [9.17, 15) is 9.18 Å². The number of nitrogens with zero attached hydrogens (tertiary/aromatic N) is 2. The lowest BCUT2D eigenvalue weighted by atomic mass is 10.1. The molecular weight excluding hydrogens is 460 g/mol. The van der Waals surface area contributed by atoms with Crippen LogP contribution in [0.5, 0.6) is 5.88 Å². The molecule has 1 unspecified atom stereocenters. The maximum Gasteiger partial charge on any atom is 0.319 e. The molecule has 8 nitrogen and oxygen atoms in total. The van der Waals surface area contributed by atoms with Gasteiger partial charge in [-0.2, -0.15) is 0 Å². The molecule has 0 saturated carbocycles. The molecule has 0 radical (unpaired) electrons. The van der Waals surface area contributed by atoms with Crippen molar-refractivity contribution in [2.75, 3.05) is 24.2 Å². The molecule has 3 rings (SSSR count). The van der Waals surface area contributed by atoms with Gasteiger partial charge in [0.05, 0.1) is 23.5 Å². The molecule has 5 N–H and O–H groups in total. The van der Waals surface area contributed by atoms with Gasteiger partial charge >= 0.3 is 6.03 Å².